The number of anilines is 1. The van der Waals surface area contributed by atoms with E-state index in [9.17, 15) is 4.79 Å². The molecular weight excluding hydrogens is 226 g/mol. The summed E-state index contributed by atoms with van der Waals surface area (Å²) < 4.78 is 1.89. The summed E-state index contributed by atoms with van der Waals surface area (Å²) in [6, 6.07) is 1.87. The molecule has 0 fully saturated rings. The van der Waals surface area contributed by atoms with Crippen molar-refractivity contribution in [3.05, 3.63) is 27.7 Å². The summed E-state index contributed by atoms with van der Waals surface area (Å²) in [6.45, 7) is 10.2. The second kappa shape index (κ2) is 5.14. The number of pyridine rings is 1. The van der Waals surface area contributed by atoms with Gasteiger partial charge in [0.25, 0.3) is 5.56 Å². The summed E-state index contributed by atoms with van der Waals surface area (Å²) in [7, 11) is 0. The molecule has 2 N–H and O–H groups in total. The fourth-order valence-corrected chi connectivity index (χ4v) is 2.63. The van der Waals surface area contributed by atoms with Crippen molar-refractivity contribution < 1.29 is 0 Å². The highest BCUT2D eigenvalue weighted by molar-refractivity contribution is 5.42. The Morgan fingerprint density at radius 2 is 2.17 bits per heavy atom. The van der Waals surface area contributed by atoms with E-state index >= 15 is 0 Å². The number of hydrogen-bond acceptors (Lipinski definition) is 3. The van der Waals surface area contributed by atoms with E-state index in [2.05, 4.69) is 25.7 Å². The first-order chi connectivity index (χ1) is 8.52. The standard InChI is InChI=1S/C14H23N3O/c1-4-16-6-5-13-11(9-16)7-12(15)14(18)17(13)8-10(2)3/h7,10H,4-6,8-9,15H2,1-3H3. The summed E-state index contributed by atoms with van der Waals surface area (Å²) in [5.41, 5.74) is 8.63. The van der Waals surface area contributed by atoms with Crippen molar-refractivity contribution in [1.82, 2.24) is 9.47 Å². The van der Waals surface area contributed by atoms with Crippen molar-refractivity contribution in [1.29, 1.82) is 0 Å². The molecule has 4 heteroatoms. The molecular formula is C14H23N3O. The molecule has 0 amide bonds. The van der Waals surface area contributed by atoms with Gasteiger partial charge in [-0.25, -0.2) is 0 Å². The monoisotopic (exact) mass is 249 g/mol. The van der Waals surface area contributed by atoms with Gasteiger partial charge in [0.15, 0.2) is 0 Å². The molecule has 0 spiro atoms. The lowest BCUT2D eigenvalue weighted by Gasteiger charge is -2.30. The Labute approximate surface area is 108 Å². The van der Waals surface area contributed by atoms with Gasteiger partial charge < -0.3 is 10.3 Å². The molecule has 2 rings (SSSR count). The van der Waals surface area contributed by atoms with Crippen LogP contribution in [0.4, 0.5) is 5.69 Å². The van der Waals surface area contributed by atoms with Gasteiger partial charge in [-0.2, -0.15) is 0 Å². The SMILES string of the molecule is CCN1CCc2c(cc(N)c(=O)n2CC(C)C)C1. The Hall–Kier alpha value is -1.29. The number of likely N-dealkylation sites (N-methyl/N-ethyl adjacent to an activating group) is 1. The normalized spacial score (nSPS) is 16.0. The van der Waals surface area contributed by atoms with Gasteiger partial charge in [-0.3, -0.25) is 9.69 Å². The first-order valence-corrected chi connectivity index (χ1v) is 6.76. The highest BCUT2D eigenvalue weighted by Crippen LogP contribution is 2.20. The molecule has 0 saturated heterocycles. The minimum atomic E-state index is -0.0209. The molecule has 4 nitrogen and oxygen atoms in total. The molecule has 1 aliphatic heterocycles. The van der Waals surface area contributed by atoms with E-state index in [1.54, 1.807) is 0 Å². The third-order valence-corrected chi connectivity index (χ3v) is 3.57. The first kappa shape index (κ1) is 13.1. The highest BCUT2D eigenvalue weighted by Gasteiger charge is 2.20. The molecule has 0 bridgehead atoms. The molecule has 1 aromatic heterocycles. The number of nitrogens with zero attached hydrogens (tertiary/aromatic N) is 2. The number of hydrogen-bond donors (Lipinski definition) is 1. The summed E-state index contributed by atoms with van der Waals surface area (Å²) >= 11 is 0. The van der Waals surface area contributed by atoms with Gasteiger partial charge in [-0.05, 0) is 24.1 Å². The maximum Gasteiger partial charge on any atom is 0.273 e. The van der Waals surface area contributed by atoms with Crippen LogP contribution in [-0.2, 0) is 19.5 Å². The Balaban J connectivity index is 2.46. The Bertz CT molecular complexity index is 491. The predicted molar refractivity (Wildman–Crippen MR) is 74.6 cm³/mol. The smallest absolute Gasteiger partial charge is 0.273 e. The number of fused-ring (bicyclic) bond motifs is 1. The van der Waals surface area contributed by atoms with Gasteiger partial charge >= 0.3 is 0 Å². The van der Waals surface area contributed by atoms with Crippen LogP contribution in [0.1, 0.15) is 32.0 Å². The number of rotatable bonds is 3. The zero-order valence-electron chi connectivity index (χ0n) is 11.6. The van der Waals surface area contributed by atoms with E-state index in [1.807, 2.05) is 10.6 Å². The van der Waals surface area contributed by atoms with Gasteiger partial charge in [0.05, 0.1) is 5.69 Å². The Kier molecular flexibility index (Phi) is 3.76. The van der Waals surface area contributed by atoms with Gasteiger partial charge in [-0.15, -0.1) is 0 Å². The maximum absolute atomic E-state index is 12.2. The van der Waals surface area contributed by atoms with Crippen molar-refractivity contribution in [3.8, 4) is 0 Å². The molecule has 100 valence electrons. The average Bonchev–Trinajstić information content (AvgIpc) is 2.33. The fraction of sp³-hybridized carbons (Fsp3) is 0.643. The molecule has 2 heterocycles. The zero-order chi connectivity index (χ0) is 13.3. The third-order valence-electron chi connectivity index (χ3n) is 3.57. The van der Waals surface area contributed by atoms with Crippen molar-refractivity contribution in [3.63, 3.8) is 0 Å². The van der Waals surface area contributed by atoms with Crippen LogP contribution < -0.4 is 11.3 Å². The van der Waals surface area contributed by atoms with E-state index in [1.165, 1.54) is 11.3 Å². The van der Waals surface area contributed by atoms with Crippen LogP contribution in [-0.4, -0.2) is 22.6 Å². The zero-order valence-corrected chi connectivity index (χ0v) is 11.6. The maximum atomic E-state index is 12.2. The van der Waals surface area contributed by atoms with E-state index in [-0.39, 0.29) is 5.56 Å². The largest absolute Gasteiger partial charge is 0.394 e. The second-order valence-corrected chi connectivity index (χ2v) is 5.50. The Morgan fingerprint density at radius 3 is 2.78 bits per heavy atom. The molecule has 0 aromatic carbocycles. The van der Waals surface area contributed by atoms with Crippen molar-refractivity contribution >= 4 is 5.69 Å². The van der Waals surface area contributed by atoms with Crippen LogP contribution in [0.2, 0.25) is 0 Å². The van der Waals surface area contributed by atoms with Crippen LogP contribution >= 0.6 is 0 Å². The Morgan fingerprint density at radius 1 is 1.44 bits per heavy atom. The fourth-order valence-electron chi connectivity index (χ4n) is 2.63. The molecule has 0 atom stereocenters. The summed E-state index contributed by atoms with van der Waals surface area (Å²) in [5.74, 6) is 0.456. The van der Waals surface area contributed by atoms with E-state index in [0.717, 1.165) is 32.6 Å². The van der Waals surface area contributed by atoms with E-state index < -0.39 is 0 Å². The van der Waals surface area contributed by atoms with Crippen LogP contribution in [0.3, 0.4) is 0 Å². The van der Waals surface area contributed by atoms with Crippen LogP contribution in [0, 0.1) is 5.92 Å². The van der Waals surface area contributed by atoms with Crippen LogP contribution in [0.25, 0.3) is 0 Å². The minimum Gasteiger partial charge on any atom is -0.394 e. The van der Waals surface area contributed by atoms with E-state index in [4.69, 9.17) is 5.73 Å². The van der Waals surface area contributed by atoms with E-state index in [0.29, 0.717) is 11.6 Å². The third kappa shape index (κ3) is 2.43. The number of aromatic nitrogens is 1. The molecule has 0 aliphatic carbocycles. The highest BCUT2D eigenvalue weighted by atomic mass is 16.1. The molecule has 1 aromatic rings. The lowest BCUT2D eigenvalue weighted by molar-refractivity contribution is 0.260. The quantitative estimate of drug-likeness (QED) is 0.882. The summed E-state index contributed by atoms with van der Waals surface area (Å²) in [6.07, 6.45) is 0.950. The van der Waals surface area contributed by atoms with Crippen molar-refractivity contribution in [2.24, 2.45) is 5.92 Å². The molecule has 1 aliphatic rings. The van der Waals surface area contributed by atoms with Crippen LogP contribution in [0.5, 0.6) is 0 Å². The number of nitrogens with two attached hydrogens (primary N) is 1. The molecule has 18 heavy (non-hydrogen) atoms. The minimum absolute atomic E-state index is 0.0209. The van der Waals surface area contributed by atoms with Crippen molar-refractivity contribution in [2.75, 3.05) is 18.8 Å². The predicted octanol–water partition coefficient (Wildman–Crippen LogP) is 1.46. The van der Waals surface area contributed by atoms with Gasteiger partial charge in [0, 0.05) is 31.7 Å². The van der Waals surface area contributed by atoms with Gasteiger partial charge in [0.2, 0.25) is 0 Å². The average molecular weight is 249 g/mol. The van der Waals surface area contributed by atoms with Gasteiger partial charge in [-0.1, -0.05) is 20.8 Å². The first-order valence-electron chi connectivity index (χ1n) is 6.76. The summed E-state index contributed by atoms with van der Waals surface area (Å²) in [5, 5.41) is 0. The molecule has 0 radical (unpaired) electrons. The second-order valence-electron chi connectivity index (χ2n) is 5.50. The van der Waals surface area contributed by atoms with Crippen molar-refractivity contribution in [2.45, 2.75) is 40.3 Å². The molecule has 0 unspecified atom stereocenters. The number of nitrogen functional groups attached to an aromatic ring is 1. The summed E-state index contributed by atoms with van der Waals surface area (Å²) in [4.78, 5) is 14.5. The molecule has 0 saturated carbocycles. The topological polar surface area (TPSA) is 51.3 Å². The lowest BCUT2D eigenvalue weighted by atomic mass is 10.0. The van der Waals surface area contributed by atoms with Gasteiger partial charge in [0.1, 0.15) is 0 Å². The van der Waals surface area contributed by atoms with Crippen LogP contribution in [0.15, 0.2) is 10.9 Å². The lowest BCUT2D eigenvalue weighted by Crippen LogP contribution is -2.37.